The van der Waals surface area contributed by atoms with Gasteiger partial charge in [-0.25, -0.2) is 0 Å². The Morgan fingerprint density at radius 3 is 2.86 bits per heavy atom. The maximum atomic E-state index is 12.1. The topological polar surface area (TPSA) is 59.8 Å². The summed E-state index contributed by atoms with van der Waals surface area (Å²) in [5.41, 5.74) is 1.00. The van der Waals surface area contributed by atoms with E-state index in [-0.39, 0.29) is 5.91 Å². The zero-order valence-corrected chi connectivity index (χ0v) is 14.3. The van der Waals surface area contributed by atoms with Crippen LogP contribution < -0.4 is 5.32 Å². The number of carbonyl (C=O) groups excluding carboxylic acids is 1. The van der Waals surface area contributed by atoms with Gasteiger partial charge in [0.1, 0.15) is 0 Å². The predicted octanol–water partition coefficient (Wildman–Crippen LogP) is 2.86. The monoisotopic (exact) mass is 324 g/mol. The maximum Gasteiger partial charge on any atom is 0.261 e. The van der Waals surface area contributed by atoms with Crippen molar-refractivity contribution in [1.29, 1.82) is 0 Å². The van der Waals surface area contributed by atoms with Gasteiger partial charge in [-0.2, -0.15) is 0 Å². The van der Waals surface area contributed by atoms with Crippen molar-refractivity contribution in [2.75, 3.05) is 5.75 Å². The lowest BCUT2D eigenvalue weighted by molar-refractivity contribution is 0.0953. The van der Waals surface area contributed by atoms with Gasteiger partial charge < -0.3 is 9.88 Å². The van der Waals surface area contributed by atoms with Crippen molar-refractivity contribution in [3.63, 3.8) is 0 Å². The molecule has 114 valence electrons. The third kappa shape index (κ3) is 4.07. The van der Waals surface area contributed by atoms with E-state index in [0.29, 0.717) is 12.5 Å². The van der Waals surface area contributed by atoms with E-state index in [1.165, 1.54) is 11.3 Å². The number of amides is 1. The van der Waals surface area contributed by atoms with Crippen molar-refractivity contribution in [3.05, 3.63) is 27.7 Å². The Hall–Kier alpha value is -1.34. The summed E-state index contributed by atoms with van der Waals surface area (Å²) in [6.07, 6.45) is 0. The van der Waals surface area contributed by atoms with E-state index < -0.39 is 0 Å². The fraction of sp³-hybridized carbons (Fsp3) is 0.500. The lowest BCUT2D eigenvalue weighted by Gasteiger charge is -2.06. The molecule has 0 saturated heterocycles. The average molecular weight is 324 g/mol. The van der Waals surface area contributed by atoms with Gasteiger partial charge in [-0.1, -0.05) is 25.6 Å². The zero-order valence-electron chi connectivity index (χ0n) is 12.7. The van der Waals surface area contributed by atoms with Crippen LogP contribution in [0.2, 0.25) is 0 Å². The molecule has 2 aromatic heterocycles. The van der Waals surface area contributed by atoms with E-state index in [1.807, 2.05) is 30.0 Å². The van der Waals surface area contributed by atoms with Crippen molar-refractivity contribution in [2.45, 2.75) is 32.5 Å². The normalized spacial score (nSPS) is 11.1. The summed E-state index contributed by atoms with van der Waals surface area (Å²) in [4.78, 5) is 12.8. The summed E-state index contributed by atoms with van der Waals surface area (Å²) in [6, 6.07) is 1.95. The van der Waals surface area contributed by atoms with Crippen LogP contribution in [0.3, 0.4) is 0 Å². The molecule has 2 aromatic rings. The summed E-state index contributed by atoms with van der Waals surface area (Å²) in [6.45, 7) is 6.68. The first-order valence-electron chi connectivity index (χ1n) is 6.82. The smallest absolute Gasteiger partial charge is 0.261 e. The Morgan fingerprint density at radius 1 is 1.48 bits per heavy atom. The Kier molecular flexibility index (Phi) is 5.41. The number of nitrogens with zero attached hydrogens (tertiary/aromatic N) is 3. The fourth-order valence-electron chi connectivity index (χ4n) is 1.71. The first-order chi connectivity index (χ1) is 9.99. The molecule has 0 aliphatic rings. The van der Waals surface area contributed by atoms with Gasteiger partial charge in [0.05, 0.1) is 11.4 Å². The maximum absolute atomic E-state index is 12.1. The predicted molar refractivity (Wildman–Crippen MR) is 86.8 cm³/mol. The highest BCUT2D eigenvalue weighted by Gasteiger charge is 2.13. The number of thiophene rings is 1. The molecule has 0 aromatic carbocycles. The van der Waals surface area contributed by atoms with Crippen molar-refractivity contribution < 1.29 is 4.79 Å². The molecule has 0 saturated carbocycles. The molecule has 0 unspecified atom stereocenters. The van der Waals surface area contributed by atoms with Gasteiger partial charge in [0.15, 0.2) is 11.0 Å². The Balaban J connectivity index is 1.95. The van der Waals surface area contributed by atoms with E-state index in [9.17, 15) is 4.79 Å². The van der Waals surface area contributed by atoms with Crippen LogP contribution in [0.25, 0.3) is 0 Å². The second-order valence-electron chi connectivity index (χ2n) is 5.28. The molecule has 21 heavy (non-hydrogen) atoms. The molecule has 5 nitrogen and oxygen atoms in total. The second-order valence-corrected chi connectivity index (χ2v) is 7.18. The number of hydrogen-bond acceptors (Lipinski definition) is 5. The Bertz CT molecular complexity index is 618. The Morgan fingerprint density at radius 2 is 2.24 bits per heavy atom. The quantitative estimate of drug-likeness (QED) is 0.830. The molecule has 0 spiro atoms. The first kappa shape index (κ1) is 16.0. The van der Waals surface area contributed by atoms with Crippen LogP contribution in [-0.2, 0) is 13.6 Å². The van der Waals surface area contributed by atoms with E-state index >= 15 is 0 Å². The molecule has 1 N–H and O–H groups in total. The molecule has 2 heterocycles. The third-order valence-electron chi connectivity index (χ3n) is 2.95. The minimum atomic E-state index is -0.0538. The molecule has 7 heteroatoms. The summed E-state index contributed by atoms with van der Waals surface area (Å²) in [7, 11) is 1.93. The molecule has 0 aliphatic heterocycles. The van der Waals surface area contributed by atoms with Crippen molar-refractivity contribution >= 4 is 29.0 Å². The van der Waals surface area contributed by atoms with Crippen molar-refractivity contribution in [1.82, 2.24) is 20.1 Å². The molecule has 0 radical (unpaired) electrons. The lowest BCUT2D eigenvalue weighted by atomic mass is 10.3. The van der Waals surface area contributed by atoms with Gasteiger partial charge in [0, 0.05) is 12.8 Å². The summed E-state index contributed by atoms with van der Waals surface area (Å²) in [5.74, 6) is 2.33. The van der Waals surface area contributed by atoms with Crippen molar-refractivity contribution in [2.24, 2.45) is 13.0 Å². The van der Waals surface area contributed by atoms with Crippen molar-refractivity contribution in [3.8, 4) is 0 Å². The summed E-state index contributed by atoms with van der Waals surface area (Å²) in [5, 5.41) is 14.0. The van der Waals surface area contributed by atoms with Gasteiger partial charge >= 0.3 is 0 Å². The SMILES string of the molecule is Cc1ccsc1C(=O)NCc1nnc(SCC(C)C)n1C. The minimum Gasteiger partial charge on any atom is -0.344 e. The number of carbonyl (C=O) groups is 1. The minimum absolute atomic E-state index is 0.0538. The van der Waals surface area contributed by atoms with E-state index in [0.717, 1.165) is 27.2 Å². The fourth-order valence-corrected chi connectivity index (χ4v) is 3.43. The van der Waals surface area contributed by atoms with Gasteiger partial charge in [-0.05, 0) is 29.9 Å². The molecule has 0 fully saturated rings. The van der Waals surface area contributed by atoms with E-state index in [2.05, 4.69) is 29.4 Å². The number of hydrogen-bond donors (Lipinski definition) is 1. The number of aromatic nitrogens is 3. The number of thioether (sulfide) groups is 1. The molecule has 1 amide bonds. The molecular formula is C14H20N4OS2. The molecule has 0 atom stereocenters. The highest BCUT2D eigenvalue weighted by molar-refractivity contribution is 7.99. The third-order valence-corrected chi connectivity index (χ3v) is 5.41. The average Bonchev–Trinajstić information content (AvgIpc) is 3.00. The van der Waals surface area contributed by atoms with Crippen LogP contribution in [0.15, 0.2) is 16.6 Å². The van der Waals surface area contributed by atoms with E-state index in [1.54, 1.807) is 11.8 Å². The number of rotatable bonds is 6. The zero-order chi connectivity index (χ0) is 15.4. The summed E-state index contributed by atoms with van der Waals surface area (Å²) >= 11 is 3.14. The molecular weight excluding hydrogens is 304 g/mol. The van der Waals surface area contributed by atoms with Gasteiger partial charge in [-0.15, -0.1) is 21.5 Å². The van der Waals surface area contributed by atoms with Crippen LogP contribution in [0.4, 0.5) is 0 Å². The second kappa shape index (κ2) is 7.09. The highest BCUT2D eigenvalue weighted by Crippen LogP contribution is 2.19. The van der Waals surface area contributed by atoms with Crippen LogP contribution in [-0.4, -0.2) is 26.4 Å². The lowest BCUT2D eigenvalue weighted by Crippen LogP contribution is -2.24. The number of aryl methyl sites for hydroxylation is 1. The highest BCUT2D eigenvalue weighted by atomic mass is 32.2. The van der Waals surface area contributed by atoms with Gasteiger partial charge in [0.2, 0.25) is 0 Å². The van der Waals surface area contributed by atoms with Crippen LogP contribution in [0.1, 0.15) is 34.9 Å². The summed E-state index contributed by atoms with van der Waals surface area (Å²) < 4.78 is 1.94. The number of nitrogens with one attached hydrogen (secondary N) is 1. The van der Waals surface area contributed by atoms with Crippen LogP contribution in [0.5, 0.6) is 0 Å². The van der Waals surface area contributed by atoms with Crippen LogP contribution in [0, 0.1) is 12.8 Å². The first-order valence-corrected chi connectivity index (χ1v) is 8.69. The van der Waals surface area contributed by atoms with E-state index in [4.69, 9.17) is 0 Å². The largest absolute Gasteiger partial charge is 0.344 e. The van der Waals surface area contributed by atoms with Gasteiger partial charge in [-0.3, -0.25) is 4.79 Å². The molecule has 0 bridgehead atoms. The molecule has 2 rings (SSSR count). The Labute approximate surface area is 133 Å². The van der Waals surface area contributed by atoms with Crippen LogP contribution >= 0.6 is 23.1 Å². The molecule has 0 aliphatic carbocycles. The standard InChI is InChI=1S/C14H20N4OS2/c1-9(2)8-21-14-17-16-11(18(14)4)7-15-13(19)12-10(3)5-6-20-12/h5-6,9H,7-8H2,1-4H3,(H,15,19). The van der Waals surface area contributed by atoms with Gasteiger partial charge in [0.25, 0.3) is 5.91 Å².